The van der Waals surface area contributed by atoms with Crippen molar-refractivity contribution < 1.29 is 23.8 Å². The molecular formula is C27H40O5. The van der Waals surface area contributed by atoms with Crippen molar-refractivity contribution >= 4 is 11.9 Å². The molecule has 0 N–H and O–H groups in total. The first-order chi connectivity index (χ1) is 15.2. The molecule has 0 spiro atoms. The molecule has 178 valence electrons. The fourth-order valence-electron chi connectivity index (χ4n) is 9.22. The molecule has 8 atom stereocenters. The van der Waals surface area contributed by atoms with E-state index in [1.54, 1.807) is 0 Å². The van der Waals surface area contributed by atoms with Crippen molar-refractivity contribution in [2.24, 2.45) is 34.5 Å². The maximum atomic E-state index is 11.7. The molecule has 5 nitrogen and oxygen atoms in total. The summed E-state index contributed by atoms with van der Waals surface area (Å²) in [4.78, 5) is 23.3. The average Bonchev–Trinajstić information content (AvgIpc) is 2.93. The van der Waals surface area contributed by atoms with E-state index in [2.05, 4.69) is 20.1 Å². The van der Waals surface area contributed by atoms with Crippen molar-refractivity contribution in [3.63, 3.8) is 0 Å². The maximum Gasteiger partial charge on any atom is 0.305 e. The van der Waals surface area contributed by atoms with Gasteiger partial charge in [0.05, 0.1) is 13.4 Å². The van der Waals surface area contributed by atoms with Gasteiger partial charge in [0.2, 0.25) is 0 Å². The van der Waals surface area contributed by atoms with Gasteiger partial charge in [0.15, 0.2) is 0 Å². The Morgan fingerprint density at radius 3 is 2.62 bits per heavy atom. The zero-order chi connectivity index (χ0) is 22.7. The molecule has 0 amide bonds. The zero-order valence-corrected chi connectivity index (χ0v) is 20.3. The largest absolute Gasteiger partial charge is 0.494 e. The lowest BCUT2D eigenvalue weighted by atomic mass is 9.43. The summed E-state index contributed by atoms with van der Waals surface area (Å²) in [5.41, 5.74) is 1.78. The lowest BCUT2D eigenvalue weighted by Gasteiger charge is -2.65. The molecule has 0 radical (unpaired) electrons. The van der Waals surface area contributed by atoms with Crippen LogP contribution in [0.2, 0.25) is 0 Å². The van der Waals surface area contributed by atoms with E-state index in [0.717, 1.165) is 32.1 Å². The van der Waals surface area contributed by atoms with Gasteiger partial charge in [-0.15, -0.1) is 0 Å². The number of hydrogen-bond acceptors (Lipinski definition) is 5. The highest BCUT2D eigenvalue weighted by molar-refractivity contribution is 5.69. The van der Waals surface area contributed by atoms with Crippen LogP contribution in [0.1, 0.15) is 91.4 Å². The Labute approximate surface area is 192 Å². The predicted molar refractivity (Wildman–Crippen MR) is 120 cm³/mol. The van der Waals surface area contributed by atoms with Crippen molar-refractivity contribution in [1.82, 2.24) is 0 Å². The molecule has 4 aliphatic carbocycles. The molecule has 4 saturated carbocycles. The van der Waals surface area contributed by atoms with Gasteiger partial charge >= 0.3 is 11.9 Å². The van der Waals surface area contributed by atoms with Gasteiger partial charge in [-0.25, -0.2) is 0 Å². The van der Waals surface area contributed by atoms with E-state index in [-0.39, 0.29) is 29.1 Å². The number of esters is 2. The van der Waals surface area contributed by atoms with Crippen LogP contribution in [0.25, 0.3) is 0 Å². The second kappa shape index (κ2) is 7.77. The Morgan fingerprint density at radius 2 is 1.88 bits per heavy atom. The summed E-state index contributed by atoms with van der Waals surface area (Å²) in [6.45, 7) is 6.55. The van der Waals surface area contributed by atoms with E-state index in [0.29, 0.717) is 35.5 Å². The molecule has 2 bridgehead atoms. The van der Waals surface area contributed by atoms with Crippen LogP contribution in [-0.2, 0) is 23.8 Å². The maximum absolute atomic E-state index is 11.7. The molecule has 8 unspecified atom stereocenters. The molecule has 32 heavy (non-hydrogen) atoms. The molecule has 0 aromatic rings. The average molecular weight is 445 g/mol. The number of rotatable bonds is 4. The van der Waals surface area contributed by atoms with E-state index in [1.165, 1.54) is 51.7 Å². The Bertz CT molecular complexity index is 819. The third-order valence-corrected chi connectivity index (χ3v) is 10.8. The van der Waals surface area contributed by atoms with Crippen molar-refractivity contribution in [2.45, 2.75) is 103 Å². The number of methoxy groups -OCH3 is 1. The fraction of sp³-hybridized carbons (Fsp3) is 0.852. The molecule has 5 rings (SSSR count). The van der Waals surface area contributed by atoms with Crippen molar-refractivity contribution in [3.05, 3.63) is 11.8 Å². The second-order valence-electron chi connectivity index (χ2n) is 11.8. The topological polar surface area (TPSA) is 61.8 Å². The second-order valence-corrected chi connectivity index (χ2v) is 11.8. The van der Waals surface area contributed by atoms with Crippen LogP contribution in [0, 0.1) is 34.5 Å². The third-order valence-electron chi connectivity index (χ3n) is 10.8. The fourth-order valence-corrected chi connectivity index (χ4v) is 9.22. The third kappa shape index (κ3) is 3.09. The van der Waals surface area contributed by atoms with E-state index in [4.69, 9.17) is 14.2 Å². The number of fused-ring (bicyclic) bond motifs is 3. The summed E-state index contributed by atoms with van der Waals surface area (Å²) in [6.07, 6.45) is 13.8. The number of ether oxygens (including phenoxy) is 3. The predicted octanol–water partition coefficient (Wildman–Crippen LogP) is 5.57. The molecule has 1 aliphatic heterocycles. The minimum Gasteiger partial charge on any atom is -0.494 e. The summed E-state index contributed by atoms with van der Waals surface area (Å²) < 4.78 is 17.3. The first-order valence-electron chi connectivity index (χ1n) is 12.8. The summed E-state index contributed by atoms with van der Waals surface area (Å²) in [7, 11) is 1.47. The number of carbonyl (C=O) groups excluding carboxylic acids is 2. The zero-order valence-electron chi connectivity index (χ0n) is 20.3. The van der Waals surface area contributed by atoms with Crippen LogP contribution >= 0.6 is 0 Å². The summed E-state index contributed by atoms with van der Waals surface area (Å²) in [5, 5.41) is 0. The van der Waals surface area contributed by atoms with Gasteiger partial charge in [-0.05, 0) is 93.0 Å². The minimum absolute atomic E-state index is 0.0456. The Kier molecular flexibility index (Phi) is 5.41. The molecular weight excluding hydrogens is 404 g/mol. The molecule has 0 aromatic carbocycles. The van der Waals surface area contributed by atoms with Gasteiger partial charge in [-0.2, -0.15) is 0 Å². The smallest absolute Gasteiger partial charge is 0.305 e. The van der Waals surface area contributed by atoms with Crippen LogP contribution in [0.4, 0.5) is 0 Å². The SMILES string of the molecule is COC(=O)CCC1=COC23CCC1C2(C)CCC1C3CCC2CC(OC(C)=O)CCC21C. The van der Waals surface area contributed by atoms with Crippen LogP contribution in [-0.4, -0.2) is 30.8 Å². The highest BCUT2D eigenvalue weighted by atomic mass is 16.5. The Morgan fingerprint density at radius 1 is 1.06 bits per heavy atom. The standard InChI is InChI=1S/C27H40O5/c1-17(28)32-20-9-12-25(2)19(15-20)6-7-23-22(25)10-13-26(3)21-11-14-27(23,26)31-16-18(21)5-8-24(29)30-4/h16,19-23H,5-15H2,1-4H3. The summed E-state index contributed by atoms with van der Waals surface area (Å²) in [5.74, 6) is 2.21. The van der Waals surface area contributed by atoms with Crippen LogP contribution in [0.5, 0.6) is 0 Å². The van der Waals surface area contributed by atoms with Crippen molar-refractivity contribution in [1.29, 1.82) is 0 Å². The number of carbonyl (C=O) groups is 2. The van der Waals surface area contributed by atoms with Gasteiger partial charge in [-0.3, -0.25) is 9.59 Å². The lowest BCUT2D eigenvalue weighted by molar-refractivity contribution is -0.219. The van der Waals surface area contributed by atoms with Gasteiger partial charge in [0.1, 0.15) is 11.7 Å². The molecule has 5 heteroatoms. The monoisotopic (exact) mass is 444 g/mol. The van der Waals surface area contributed by atoms with Gasteiger partial charge < -0.3 is 14.2 Å². The highest BCUT2D eigenvalue weighted by Crippen LogP contribution is 2.72. The van der Waals surface area contributed by atoms with Crippen molar-refractivity contribution in [3.8, 4) is 0 Å². The first-order valence-corrected chi connectivity index (χ1v) is 12.8. The van der Waals surface area contributed by atoms with Crippen LogP contribution in [0.15, 0.2) is 11.8 Å². The van der Waals surface area contributed by atoms with Crippen LogP contribution < -0.4 is 0 Å². The van der Waals surface area contributed by atoms with E-state index in [1.807, 2.05) is 0 Å². The number of hydrogen-bond donors (Lipinski definition) is 0. The molecule has 5 aliphatic rings. The molecule has 4 fully saturated rings. The van der Waals surface area contributed by atoms with Gasteiger partial charge in [0, 0.05) is 24.7 Å². The molecule has 0 aromatic heterocycles. The molecule has 1 heterocycles. The Balaban J connectivity index is 1.38. The normalized spacial score (nSPS) is 46.6. The van der Waals surface area contributed by atoms with Gasteiger partial charge in [-0.1, -0.05) is 13.8 Å². The minimum atomic E-state index is -0.137. The van der Waals surface area contributed by atoms with E-state index in [9.17, 15) is 9.59 Å². The van der Waals surface area contributed by atoms with Crippen LogP contribution in [0.3, 0.4) is 0 Å². The lowest BCUT2D eigenvalue weighted by Crippen LogP contribution is -2.63. The Hall–Kier alpha value is -1.52. The first kappa shape index (κ1) is 22.3. The van der Waals surface area contributed by atoms with Gasteiger partial charge in [0.25, 0.3) is 0 Å². The number of allylic oxidation sites excluding steroid dienone is 1. The van der Waals surface area contributed by atoms with E-state index < -0.39 is 0 Å². The quantitative estimate of drug-likeness (QED) is 0.531. The summed E-state index contributed by atoms with van der Waals surface area (Å²) in [6, 6.07) is 0. The molecule has 0 saturated heterocycles. The highest BCUT2D eigenvalue weighted by Gasteiger charge is 2.70. The summed E-state index contributed by atoms with van der Waals surface area (Å²) >= 11 is 0. The van der Waals surface area contributed by atoms with Crippen molar-refractivity contribution in [2.75, 3.05) is 7.11 Å². The van der Waals surface area contributed by atoms with E-state index >= 15 is 0 Å².